The standard InChI is InChI=1S/C15H25NO2/c1-4-17-10-8-16-9-11-18-15-7-5-6-14(12-15)13(2)3/h5-7,12-13,16H,4,8-11H2,1-3H3. The Kier molecular flexibility index (Phi) is 7.46. The van der Waals surface area contributed by atoms with Crippen LogP contribution < -0.4 is 10.1 Å². The average Bonchev–Trinajstić information content (AvgIpc) is 2.38. The van der Waals surface area contributed by atoms with Gasteiger partial charge in [-0.1, -0.05) is 26.0 Å². The van der Waals surface area contributed by atoms with Gasteiger partial charge in [-0.2, -0.15) is 0 Å². The Morgan fingerprint density at radius 2 is 1.94 bits per heavy atom. The minimum atomic E-state index is 0.540. The van der Waals surface area contributed by atoms with E-state index in [0.717, 1.165) is 32.1 Å². The fourth-order valence-corrected chi connectivity index (χ4v) is 1.62. The summed E-state index contributed by atoms with van der Waals surface area (Å²) in [7, 11) is 0. The SMILES string of the molecule is CCOCCNCCOc1cccc(C(C)C)c1. The van der Waals surface area contributed by atoms with E-state index >= 15 is 0 Å². The highest BCUT2D eigenvalue weighted by atomic mass is 16.5. The molecule has 0 aliphatic rings. The fourth-order valence-electron chi connectivity index (χ4n) is 1.62. The predicted molar refractivity (Wildman–Crippen MR) is 75.4 cm³/mol. The second-order valence-electron chi connectivity index (χ2n) is 4.52. The van der Waals surface area contributed by atoms with Crippen LogP contribution in [-0.4, -0.2) is 32.9 Å². The van der Waals surface area contributed by atoms with Crippen LogP contribution in [0.3, 0.4) is 0 Å². The van der Waals surface area contributed by atoms with Gasteiger partial charge >= 0.3 is 0 Å². The Bertz CT molecular complexity index is 326. The first-order valence-electron chi connectivity index (χ1n) is 6.75. The van der Waals surface area contributed by atoms with Gasteiger partial charge in [0.25, 0.3) is 0 Å². The molecule has 1 N–H and O–H groups in total. The lowest BCUT2D eigenvalue weighted by atomic mass is 10.0. The van der Waals surface area contributed by atoms with Crippen molar-refractivity contribution in [3.63, 3.8) is 0 Å². The first-order valence-corrected chi connectivity index (χ1v) is 6.75. The smallest absolute Gasteiger partial charge is 0.119 e. The molecular weight excluding hydrogens is 226 g/mol. The van der Waals surface area contributed by atoms with Gasteiger partial charge in [-0.15, -0.1) is 0 Å². The second-order valence-corrected chi connectivity index (χ2v) is 4.52. The molecule has 0 saturated heterocycles. The summed E-state index contributed by atoms with van der Waals surface area (Å²) in [6.07, 6.45) is 0. The van der Waals surface area contributed by atoms with E-state index in [1.54, 1.807) is 0 Å². The van der Waals surface area contributed by atoms with Gasteiger partial charge in [-0.3, -0.25) is 0 Å². The minimum absolute atomic E-state index is 0.540. The molecule has 0 aliphatic carbocycles. The zero-order chi connectivity index (χ0) is 13.2. The molecule has 0 amide bonds. The van der Waals surface area contributed by atoms with E-state index in [0.29, 0.717) is 12.5 Å². The van der Waals surface area contributed by atoms with Crippen LogP contribution in [-0.2, 0) is 4.74 Å². The van der Waals surface area contributed by atoms with Crippen LogP contribution in [0.25, 0.3) is 0 Å². The molecule has 0 radical (unpaired) electrons. The Morgan fingerprint density at radius 1 is 1.17 bits per heavy atom. The number of ether oxygens (including phenoxy) is 2. The number of hydrogen-bond acceptors (Lipinski definition) is 3. The molecule has 102 valence electrons. The van der Waals surface area contributed by atoms with E-state index < -0.39 is 0 Å². The van der Waals surface area contributed by atoms with Crippen LogP contribution >= 0.6 is 0 Å². The molecule has 0 spiro atoms. The van der Waals surface area contributed by atoms with Crippen LogP contribution in [0.15, 0.2) is 24.3 Å². The molecule has 1 aromatic carbocycles. The zero-order valence-corrected chi connectivity index (χ0v) is 11.7. The van der Waals surface area contributed by atoms with Gasteiger partial charge in [0.15, 0.2) is 0 Å². The maximum atomic E-state index is 5.70. The van der Waals surface area contributed by atoms with Crippen LogP contribution in [0.5, 0.6) is 5.75 Å². The van der Waals surface area contributed by atoms with E-state index in [1.165, 1.54) is 5.56 Å². The lowest BCUT2D eigenvalue weighted by Gasteiger charge is -2.10. The molecule has 0 atom stereocenters. The molecule has 1 rings (SSSR count). The van der Waals surface area contributed by atoms with Crippen molar-refractivity contribution in [2.24, 2.45) is 0 Å². The summed E-state index contributed by atoms with van der Waals surface area (Å²) in [6, 6.07) is 8.31. The Labute approximate surface area is 110 Å². The molecule has 3 nitrogen and oxygen atoms in total. The summed E-state index contributed by atoms with van der Waals surface area (Å²) in [5, 5.41) is 3.28. The molecule has 0 bridgehead atoms. The molecular formula is C15H25NO2. The number of benzene rings is 1. The average molecular weight is 251 g/mol. The summed E-state index contributed by atoms with van der Waals surface area (Å²) in [5.41, 5.74) is 1.32. The largest absolute Gasteiger partial charge is 0.492 e. The van der Waals surface area contributed by atoms with Crippen molar-refractivity contribution in [1.82, 2.24) is 5.32 Å². The summed E-state index contributed by atoms with van der Waals surface area (Å²) >= 11 is 0. The van der Waals surface area contributed by atoms with Gasteiger partial charge in [0.2, 0.25) is 0 Å². The maximum Gasteiger partial charge on any atom is 0.119 e. The topological polar surface area (TPSA) is 30.5 Å². The quantitative estimate of drug-likeness (QED) is 0.685. The van der Waals surface area contributed by atoms with Gasteiger partial charge in [0.1, 0.15) is 12.4 Å². The Hall–Kier alpha value is -1.06. The van der Waals surface area contributed by atoms with Crippen molar-refractivity contribution < 1.29 is 9.47 Å². The van der Waals surface area contributed by atoms with E-state index in [-0.39, 0.29) is 0 Å². The summed E-state index contributed by atoms with van der Waals surface area (Å²) < 4.78 is 10.9. The monoisotopic (exact) mass is 251 g/mol. The van der Waals surface area contributed by atoms with Crippen molar-refractivity contribution in [3.05, 3.63) is 29.8 Å². The van der Waals surface area contributed by atoms with E-state index in [9.17, 15) is 0 Å². The molecule has 0 aliphatic heterocycles. The number of rotatable bonds is 9. The van der Waals surface area contributed by atoms with Crippen LogP contribution in [0, 0.1) is 0 Å². The normalized spacial score (nSPS) is 10.9. The third-order valence-electron chi connectivity index (χ3n) is 2.70. The van der Waals surface area contributed by atoms with E-state index in [2.05, 4.69) is 31.3 Å². The maximum absolute atomic E-state index is 5.70. The summed E-state index contributed by atoms with van der Waals surface area (Å²) in [5.74, 6) is 1.49. The third kappa shape index (κ3) is 6.03. The lowest BCUT2D eigenvalue weighted by molar-refractivity contribution is 0.148. The summed E-state index contributed by atoms with van der Waals surface area (Å²) in [4.78, 5) is 0. The molecule has 0 saturated carbocycles. The highest BCUT2D eigenvalue weighted by Gasteiger charge is 2.00. The van der Waals surface area contributed by atoms with Gasteiger partial charge < -0.3 is 14.8 Å². The molecule has 18 heavy (non-hydrogen) atoms. The van der Waals surface area contributed by atoms with Crippen LogP contribution in [0.1, 0.15) is 32.3 Å². The van der Waals surface area contributed by atoms with Crippen LogP contribution in [0.4, 0.5) is 0 Å². The second kappa shape index (κ2) is 8.95. The van der Waals surface area contributed by atoms with Gasteiger partial charge in [0, 0.05) is 19.7 Å². The number of nitrogens with one attached hydrogen (secondary N) is 1. The molecule has 0 unspecified atom stereocenters. The third-order valence-corrected chi connectivity index (χ3v) is 2.70. The number of hydrogen-bond donors (Lipinski definition) is 1. The molecule has 0 aromatic heterocycles. The molecule has 1 aromatic rings. The molecule has 0 heterocycles. The Morgan fingerprint density at radius 3 is 2.67 bits per heavy atom. The lowest BCUT2D eigenvalue weighted by Crippen LogP contribution is -2.25. The van der Waals surface area contributed by atoms with E-state index in [4.69, 9.17) is 9.47 Å². The van der Waals surface area contributed by atoms with Crippen molar-refractivity contribution in [2.45, 2.75) is 26.7 Å². The van der Waals surface area contributed by atoms with Gasteiger partial charge in [-0.25, -0.2) is 0 Å². The predicted octanol–water partition coefficient (Wildman–Crippen LogP) is 2.81. The first kappa shape index (κ1) is 15.0. The van der Waals surface area contributed by atoms with Crippen molar-refractivity contribution in [1.29, 1.82) is 0 Å². The van der Waals surface area contributed by atoms with Crippen LogP contribution in [0.2, 0.25) is 0 Å². The Balaban J connectivity index is 2.17. The van der Waals surface area contributed by atoms with Gasteiger partial charge in [0.05, 0.1) is 6.61 Å². The zero-order valence-electron chi connectivity index (χ0n) is 11.7. The van der Waals surface area contributed by atoms with Crippen molar-refractivity contribution in [2.75, 3.05) is 32.9 Å². The summed E-state index contributed by atoms with van der Waals surface area (Å²) in [6.45, 7) is 10.3. The fraction of sp³-hybridized carbons (Fsp3) is 0.600. The van der Waals surface area contributed by atoms with Crippen molar-refractivity contribution in [3.8, 4) is 5.75 Å². The molecule has 3 heteroatoms. The van der Waals surface area contributed by atoms with Gasteiger partial charge in [-0.05, 0) is 30.5 Å². The minimum Gasteiger partial charge on any atom is -0.492 e. The van der Waals surface area contributed by atoms with E-state index in [1.807, 2.05) is 19.1 Å². The highest BCUT2D eigenvalue weighted by Crippen LogP contribution is 2.19. The van der Waals surface area contributed by atoms with Crippen molar-refractivity contribution >= 4 is 0 Å². The first-order chi connectivity index (χ1) is 8.74. The molecule has 0 fully saturated rings. The highest BCUT2D eigenvalue weighted by molar-refractivity contribution is 5.30.